The predicted octanol–water partition coefficient (Wildman–Crippen LogP) is 3.93. The molecule has 2 aromatic heterocycles. The van der Waals surface area contributed by atoms with Crippen molar-refractivity contribution in [3.05, 3.63) is 11.1 Å². The third kappa shape index (κ3) is 5.93. The van der Waals surface area contributed by atoms with E-state index in [9.17, 15) is 4.79 Å². The molecule has 0 bridgehead atoms. The van der Waals surface area contributed by atoms with E-state index < -0.39 is 0 Å². The highest BCUT2D eigenvalue weighted by Crippen LogP contribution is 2.29. The van der Waals surface area contributed by atoms with Crippen molar-refractivity contribution < 1.29 is 4.79 Å². The molecule has 0 fully saturated rings. The largest absolute Gasteiger partial charge is 0.301 e. The first-order valence-corrected chi connectivity index (χ1v) is 10.1. The van der Waals surface area contributed by atoms with E-state index >= 15 is 0 Å². The molecule has 0 saturated heterocycles. The van der Waals surface area contributed by atoms with Crippen LogP contribution in [0.2, 0.25) is 0 Å². The van der Waals surface area contributed by atoms with E-state index in [-0.39, 0.29) is 5.91 Å². The van der Waals surface area contributed by atoms with Crippen LogP contribution in [-0.2, 0) is 4.79 Å². The molecule has 5 nitrogen and oxygen atoms in total. The number of unbranched alkanes of at least 4 members (excludes halogenated alkanes) is 1. The molecule has 114 valence electrons. The smallest absolute Gasteiger partial charge is 0.236 e. The number of nitrogens with one attached hydrogen (secondary N) is 1. The van der Waals surface area contributed by atoms with Gasteiger partial charge in [0.1, 0.15) is 0 Å². The van der Waals surface area contributed by atoms with Crippen LogP contribution in [0.25, 0.3) is 0 Å². The van der Waals surface area contributed by atoms with Gasteiger partial charge in [-0.15, -0.1) is 21.5 Å². The second-order valence-corrected chi connectivity index (χ2v) is 8.57. The van der Waals surface area contributed by atoms with Crippen LogP contribution >= 0.6 is 46.2 Å². The van der Waals surface area contributed by atoms with Gasteiger partial charge in [-0.1, -0.05) is 48.2 Å². The molecule has 0 aliphatic carbocycles. The van der Waals surface area contributed by atoms with E-state index in [0.717, 1.165) is 20.1 Å². The van der Waals surface area contributed by atoms with Crippen LogP contribution < -0.4 is 5.32 Å². The van der Waals surface area contributed by atoms with Crippen molar-refractivity contribution in [1.82, 2.24) is 15.2 Å². The van der Waals surface area contributed by atoms with Crippen molar-refractivity contribution in [2.24, 2.45) is 0 Å². The molecule has 0 aromatic carbocycles. The Balaban J connectivity index is 1.73. The van der Waals surface area contributed by atoms with Crippen molar-refractivity contribution in [3.8, 4) is 0 Å². The lowest BCUT2D eigenvalue weighted by molar-refractivity contribution is -0.113. The zero-order valence-electron chi connectivity index (χ0n) is 11.8. The van der Waals surface area contributed by atoms with E-state index in [4.69, 9.17) is 0 Å². The number of aryl methyl sites for hydroxylation is 1. The number of carbonyl (C=O) groups is 1. The van der Waals surface area contributed by atoms with Gasteiger partial charge < -0.3 is 5.32 Å². The van der Waals surface area contributed by atoms with Crippen LogP contribution in [0.4, 0.5) is 5.13 Å². The number of amides is 1. The predicted molar refractivity (Wildman–Crippen MR) is 91.7 cm³/mol. The van der Waals surface area contributed by atoms with E-state index in [2.05, 4.69) is 27.4 Å². The Labute approximate surface area is 140 Å². The summed E-state index contributed by atoms with van der Waals surface area (Å²) < 4.78 is 1.81. The maximum atomic E-state index is 11.8. The Morgan fingerprint density at radius 3 is 2.76 bits per heavy atom. The standard InChI is InChI=1S/C12H16N4OS4/c1-3-4-5-18-11-15-16-12(21-11)20-7-9(17)14-10-13-8(2)6-19-10/h6H,3-5,7H2,1-2H3,(H,13,14,17). The molecule has 9 heteroatoms. The molecule has 0 aliphatic rings. The van der Waals surface area contributed by atoms with E-state index in [1.165, 1.54) is 35.9 Å². The summed E-state index contributed by atoms with van der Waals surface area (Å²) in [5.74, 6) is 1.33. The molecule has 2 rings (SSSR count). The molecule has 0 atom stereocenters. The Bertz CT molecular complexity index is 583. The second-order valence-electron chi connectivity index (χ2n) is 4.17. The van der Waals surface area contributed by atoms with Gasteiger partial charge in [-0.2, -0.15) is 0 Å². The van der Waals surface area contributed by atoms with Gasteiger partial charge in [0.15, 0.2) is 13.8 Å². The summed E-state index contributed by atoms with van der Waals surface area (Å²) in [6.45, 7) is 4.07. The number of carbonyl (C=O) groups excluding carboxylic acids is 1. The lowest BCUT2D eigenvalue weighted by atomic mass is 10.4. The number of aromatic nitrogens is 3. The number of thiazole rings is 1. The molecule has 0 aliphatic heterocycles. The summed E-state index contributed by atoms with van der Waals surface area (Å²) in [7, 11) is 0. The average molecular weight is 361 g/mol. The monoisotopic (exact) mass is 360 g/mol. The minimum absolute atomic E-state index is 0.0651. The zero-order valence-corrected chi connectivity index (χ0v) is 15.1. The number of nitrogens with zero attached hydrogens (tertiary/aromatic N) is 3. The van der Waals surface area contributed by atoms with Crippen LogP contribution in [-0.4, -0.2) is 32.6 Å². The number of anilines is 1. The fourth-order valence-electron chi connectivity index (χ4n) is 1.31. The van der Waals surface area contributed by atoms with Crippen molar-refractivity contribution in [3.63, 3.8) is 0 Å². The molecular weight excluding hydrogens is 344 g/mol. The molecule has 2 heterocycles. The van der Waals surface area contributed by atoms with Crippen LogP contribution in [0, 0.1) is 6.92 Å². The molecule has 1 N–H and O–H groups in total. The number of hydrogen-bond acceptors (Lipinski definition) is 8. The molecule has 0 spiro atoms. The molecular formula is C12H16N4OS4. The van der Waals surface area contributed by atoms with Gasteiger partial charge in [0, 0.05) is 11.1 Å². The first-order valence-electron chi connectivity index (χ1n) is 6.48. The Morgan fingerprint density at radius 1 is 1.33 bits per heavy atom. The van der Waals surface area contributed by atoms with Crippen LogP contribution in [0.1, 0.15) is 25.5 Å². The van der Waals surface area contributed by atoms with Gasteiger partial charge in [-0.05, 0) is 13.3 Å². The van der Waals surface area contributed by atoms with Gasteiger partial charge in [0.2, 0.25) is 5.91 Å². The fourth-order valence-corrected chi connectivity index (χ4v) is 4.99. The van der Waals surface area contributed by atoms with Crippen LogP contribution in [0.15, 0.2) is 14.1 Å². The maximum absolute atomic E-state index is 11.8. The zero-order chi connectivity index (χ0) is 15.1. The first kappa shape index (κ1) is 16.7. The van der Waals surface area contributed by atoms with Gasteiger partial charge >= 0.3 is 0 Å². The molecule has 0 unspecified atom stereocenters. The quantitative estimate of drug-likeness (QED) is 0.568. The topological polar surface area (TPSA) is 67.8 Å². The van der Waals surface area contributed by atoms with E-state index in [0.29, 0.717) is 10.9 Å². The Kier molecular flexibility index (Phi) is 6.94. The highest BCUT2D eigenvalue weighted by molar-refractivity contribution is 8.03. The van der Waals surface area contributed by atoms with Crippen molar-refractivity contribution in [2.75, 3.05) is 16.8 Å². The molecule has 0 saturated carbocycles. The molecule has 21 heavy (non-hydrogen) atoms. The molecule has 1 amide bonds. The SMILES string of the molecule is CCCCSc1nnc(SCC(=O)Nc2nc(C)cs2)s1. The van der Waals surface area contributed by atoms with Crippen molar-refractivity contribution >= 4 is 57.2 Å². The summed E-state index contributed by atoms with van der Waals surface area (Å²) in [4.78, 5) is 16.0. The third-order valence-corrected chi connectivity index (χ3v) is 6.46. The summed E-state index contributed by atoms with van der Waals surface area (Å²) in [6.07, 6.45) is 2.37. The molecule has 0 radical (unpaired) electrons. The first-order chi connectivity index (χ1) is 10.2. The lowest BCUT2D eigenvalue weighted by Gasteiger charge is -1.98. The number of rotatable bonds is 8. The minimum atomic E-state index is -0.0651. The summed E-state index contributed by atoms with van der Waals surface area (Å²) in [5.41, 5.74) is 0.917. The fraction of sp³-hybridized carbons (Fsp3) is 0.500. The lowest BCUT2D eigenvalue weighted by Crippen LogP contribution is -2.13. The van der Waals surface area contributed by atoms with Crippen molar-refractivity contribution in [1.29, 1.82) is 0 Å². The highest BCUT2D eigenvalue weighted by Gasteiger charge is 2.10. The third-order valence-electron chi connectivity index (χ3n) is 2.30. The van der Waals surface area contributed by atoms with Gasteiger partial charge in [0.25, 0.3) is 0 Å². The Morgan fingerprint density at radius 2 is 2.10 bits per heavy atom. The van der Waals surface area contributed by atoms with Gasteiger partial charge in [-0.25, -0.2) is 4.98 Å². The number of thioether (sulfide) groups is 2. The van der Waals surface area contributed by atoms with Gasteiger partial charge in [0.05, 0.1) is 11.4 Å². The summed E-state index contributed by atoms with van der Waals surface area (Å²) in [6, 6.07) is 0. The van der Waals surface area contributed by atoms with Crippen LogP contribution in [0.3, 0.4) is 0 Å². The van der Waals surface area contributed by atoms with E-state index in [1.807, 2.05) is 12.3 Å². The average Bonchev–Trinajstić information content (AvgIpc) is 3.06. The van der Waals surface area contributed by atoms with E-state index in [1.54, 1.807) is 23.1 Å². The van der Waals surface area contributed by atoms with Crippen molar-refractivity contribution in [2.45, 2.75) is 35.4 Å². The normalized spacial score (nSPS) is 10.8. The maximum Gasteiger partial charge on any atom is 0.236 e. The summed E-state index contributed by atoms with van der Waals surface area (Å²) >= 11 is 6.12. The Hall–Kier alpha value is -0.640. The highest BCUT2D eigenvalue weighted by atomic mass is 32.2. The molecule has 2 aromatic rings. The second kappa shape index (κ2) is 8.72. The summed E-state index contributed by atoms with van der Waals surface area (Å²) in [5, 5.41) is 13.6. The van der Waals surface area contributed by atoms with Gasteiger partial charge in [-0.3, -0.25) is 4.79 Å². The minimum Gasteiger partial charge on any atom is -0.301 e. The van der Waals surface area contributed by atoms with Crippen LogP contribution in [0.5, 0.6) is 0 Å². The number of hydrogen-bond donors (Lipinski definition) is 1.